The number of nitriles is 1. The van der Waals surface area contributed by atoms with E-state index in [9.17, 15) is 4.79 Å². The van der Waals surface area contributed by atoms with Gasteiger partial charge in [-0.2, -0.15) is 5.26 Å². The van der Waals surface area contributed by atoms with Gasteiger partial charge in [0.15, 0.2) is 0 Å². The zero-order valence-electron chi connectivity index (χ0n) is 7.99. The van der Waals surface area contributed by atoms with Gasteiger partial charge in [-0.05, 0) is 6.07 Å². The fourth-order valence-electron chi connectivity index (χ4n) is 1.55. The molecular weight excluding hydrogens is 212 g/mol. The van der Waals surface area contributed by atoms with Crippen molar-refractivity contribution in [1.29, 1.82) is 5.26 Å². The van der Waals surface area contributed by atoms with Gasteiger partial charge in [-0.3, -0.25) is 4.79 Å². The maximum absolute atomic E-state index is 11.7. The van der Waals surface area contributed by atoms with E-state index in [1.165, 1.54) is 4.57 Å². The number of halogens is 1. The molecule has 1 heterocycles. The minimum Gasteiger partial charge on any atom is -0.310 e. The van der Waals surface area contributed by atoms with Crippen molar-refractivity contribution in [3.05, 3.63) is 45.2 Å². The first-order valence-corrected chi connectivity index (χ1v) is 4.72. The molecule has 2 aromatic rings. The predicted molar refractivity (Wildman–Crippen MR) is 58.9 cm³/mol. The summed E-state index contributed by atoms with van der Waals surface area (Å²) in [5, 5.41) is 9.79. The number of pyridine rings is 1. The fraction of sp³-hybridized carbons (Fsp3) is 0.0909. The lowest BCUT2D eigenvalue weighted by Gasteiger charge is -2.07. The van der Waals surface area contributed by atoms with Gasteiger partial charge in [-0.15, -0.1) is 0 Å². The summed E-state index contributed by atoms with van der Waals surface area (Å²) in [5.74, 6) is 0. The second kappa shape index (κ2) is 3.41. The molecule has 0 unspecified atom stereocenters. The molecule has 0 fully saturated rings. The van der Waals surface area contributed by atoms with Crippen LogP contribution in [0.25, 0.3) is 10.9 Å². The highest BCUT2D eigenvalue weighted by molar-refractivity contribution is 6.36. The number of aromatic nitrogens is 1. The van der Waals surface area contributed by atoms with E-state index in [0.717, 1.165) is 10.9 Å². The predicted octanol–water partition coefficient (Wildman–Crippen LogP) is 2.06. The number of nitrogens with zero attached hydrogens (tertiary/aromatic N) is 2. The summed E-state index contributed by atoms with van der Waals surface area (Å²) in [6.45, 7) is 0. The van der Waals surface area contributed by atoms with Gasteiger partial charge in [-0.25, -0.2) is 0 Å². The molecule has 1 aromatic heterocycles. The van der Waals surface area contributed by atoms with Crippen LogP contribution >= 0.6 is 11.6 Å². The third-order valence-electron chi connectivity index (χ3n) is 2.35. The van der Waals surface area contributed by atoms with E-state index in [4.69, 9.17) is 16.9 Å². The van der Waals surface area contributed by atoms with Gasteiger partial charge in [0, 0.05) is 12.4 Å². The lowest BCUT2D eigenvalue weighted by atomic mass is 10.1. The van der Waals surface area contributed by atoms with E-state index in [-0.39, 0.29) is 16.1 Å². The summed E-state index contributed by atoms with van der Waals surface area (Å²) in [6, 6.07) is 9.06. The van der Waals surface area contributed by atoms with E-state index in [0.29, 0.717) is 0 Å². The van der Waals surface area contributed by atoms with Crippen molar-refractivity contribution in [2.45, 2.75) is 0 Å². The Labute approximate surface area is 91.1 Å². The molecule has 0 amide bonds. The topological polar surface area (TPSA) is 45.8 Å². The second-order valence-electron chi connectivity index (χ2n) is 3.18. The quantitative estimate of drug-likeness (QED) is 0.680. The highest BCUT2D eigenvalue weighted by Gasteiger charge is 2.12. The number of rotatable bonds is 0. The van der Waals surface area contributed by atoms with Crippen molar-refractivity contribution in [3.8, 4) is 6.07 Å². The van der Waals surface area contributed by atoms with Gasteiger partial charge in [0.05, 0.1) is 10.5 Å². The SMILES string of the molecule is Cn1c(=O)c(C#N)c(Cl)c2ccccc21. The molecule has 0 atom stereocenters. The zero-order chi connectivity index (χ0) is 11.0. The van der Waals surface area contributed by atoms with Crippen LogP contribution in [-0.4, -0.2) is 4.57 Å². The van der Waals surface area contributed by atoms with Crippen LogP contribution < -0.4 is 5.56 Å². The molecule has 0 aliphatic carbocycles. The van der Waals surface area contributed by atoms with E-state index in [2.05, 4.69) is 0 Å². The third kappa shape index (κ3) is 1.31. The molecule has 0 N–H and O–H groups in total. The van der Waals surface area contributed by atoms with Gasteiger partial charge in [0.2, 0.25) is 0 Å². The molecule has 2 rings (SSSR count). The molecule has 0 aliphatic rings. The Morgan fingerprint density at radius 3 is 2.73 bits per heavy atom. The van der Waals surface area contributed by atoms with Gasteiger partial charge < -0.3 is 4.57 Å². The normalized spacial score (nSPS) is 10.2. The molecule has 74 valence electrons. The molecule has 0 spiro atoms. The van der Waals surface area contributed by atoms with Crippen molar-refractivity contribution in [1.82, 2.24) is 4.57 Å². The molecule has 3 nitrogen and oxygen atoms in total. The molecule has 4 heteroatoms. The van der Waals surface area contributed by atoms with E-state index >= 15 is 0 Å². The third-order valence-corrected chi connectivity index (χ3v) is 2.74. The number of fused-ring (bicyclic) bond motifs is 1. The molecule has 0 aliphatic heterocycles. The van der Waals surface area contributed by atoms with Crippen LogP contribution in [0.5, 0.6) is 0 Å². The first-order chi connectivity index (χ1) is 7.16. The highest BCUT2D eigenvalue weighted by atomic mass is 35.5. The van der Waals surface area contributed by atoms with Crippen LogP contribution in [0.15, 0.2) is 29.1 Å². The van der Waals surface area contributed by atoms with Crippen molar-refractivity contribution in [2.75, 3.05) is 0 Å². The first kappa shape index (κ1) is 9.75. The molecule has 0 bridgehead atoms. The van der Waals surface area contributed by atoms with E-state index in [1.54, 1.807) is 19.2 Å². The minimum atomic E-state index is -0.360. The lowest BCUT2D eigenvalue weighted by Crippen LogP contribution is -2.20. The van der Waals surface area contributed by atoms with Crippen LogP contribution in [0, 0.1) is 11.3 Å². The Hall–Kier alpha value is -1.79. The maximum atomic E-state index is 11.7. The molecule has 1 aromatic carbocycles. The van der Waals surface area contributed by atoms with Gasteiger partial charge in [0.1, 0.15) is 11.6 Å². The van der Waals surface area contributed by atoms with E-state index in [1.807, 2.05) is 18.2 Å². The lowest BCUT2D eigenvalue weighted by molar-refractivity contribution is 0.901. The molecule has 0 saturated carbocycles. The van der Waals surface area contributed by atoms with Crippen molar-refractivity contribution < 1.29 is 0 Å². The first-order valence-electron chi connectivity index (χ1n) is 4.34. The summed E-state index contributed by atoms with van der Waals surface area (Å²) in [6.07, 6.45) is 0. The van der Waals surface area contributed by atoms with Gasteiger partial charge >= 0.3 is 0 Å². The fourth-order valence-corrected chi connectivity index (χ4v) is 1.84. The average molecular weight is 219 g/mol. The Morgan fingerprint density at radius 1 is 1.40 bits per heavy atom. The summed E-state index contributed by atoms with van der Waals surface area (Å²) in [4.78, 5) is 11.7. The Morgan fingerprint density at radius 2 is 2.07 bits per heavy atom. The maximum Gasteiger partial charge on any atom is 0.270 e. The summed E-state index contributed by atoms with van der Waals surface area (Å²) >= 11 is 5.98. The highest BCUT2D eigenvalue weighted by Crippen LogP contribution is 2.23. The van der Waals surface area contributed by atoms with Crippen molar-refractivity contribution in [3.63, 3.8) is 0 Å². The van der Waals surface area contributed by atoms with Gasteiger partial charge in [-0.1, -0.05) is 29.8 Å². The number of hydrogen-bond acceptors (Lipinski definition) is 2. The largest absolute Gasteiger partial charge is 0.310 e. The molecular formula is C11H7ClN2O. The number of benzene rings is 1. The summed E-state index contributed by atoms with van der Waals surface area (Å²) < 4.78 is 1.43. The minimum absolute atomic E-state index is 0.00198. The van der Waals surface area contributed by atoms with E-state index < -0.39 is 0 Å². The summed E-state index contributed by atoms with van der Waals surface area (Å²) in [7, 11) is 1.63. The summed E-state index contributed by atoms with van der Waals surface area (Å²) in [5.41, 5.74) is 0.366. The van der Waals surface area contributed by atoms with Crippen molar-refractivity contribution in [2.24, 2.45) is 7.05 Å². The van der Waals surface area contributed by atoms with Crippen LogP contribution in [0.1, 0.15) is 5.56 Å². The van der Waals surface area contributed by atoms with Crippen LogP contribution in [-0.2, 0) is 7.05 Å². The van der Waals surface area contributed by atoms with Crippen LogP contribution in [0.3, 0.4) is 0 Å². The Kier molecular flexibility index (Phi) is 2.22. The average Bonchev–Trinajstić information content (AvgIpc) is 2.27. The molecule has 0 saturated heterocycles. The second-order valence-corrected chi connectivity index (χ2v) is 3.56. The number of para-hydroxylation sites is 1. The van der Waals surface area contributed by atoms with Crippen LogP contribution in [0.4, 0.5) is 0 Å². The zero-order valence-corrected chi connectivity index (χ0v) is 8.75. The Bertz CT molecular complexity index is 637. The molecule has 0 radical (unpaired) electrons. The Balaban J connectivity index is 3.12. The standard InChI is InChI=1S/C11H7ClN2O/c1-14-9-5-3-2-4-7(9)10(12)8(6-13)11(14)15/h2-5H,1H3. The smallest absolute Gasteiger partial charge is 0.270 e. The monoisotopic (exact) mass is 218 g/mol. The number of aryl methyl sites for hydroxylation is 1. The molecule has 15 heavy (non-hydrogen) atoms. The number of hydrogen-bond donors (Lipinski definition) is 0. The van der Waals surface area contributed by atoms with Crippen molar-refractivity contribution >= 4 is 22.5 Å². The van der Waals surface area contributed by atoms with Crippen LogP contribution in [0.2, 0.25) is 5.02 Å². The van der Waals surface area contributed by atoms with Gasteiger partial charge in [0.25, 0.3) is 5.56 Å².